The Morgan fingerprint density at radius 3 is 1.73 bits per heavy atom. The van der Waals surface area contributed by atoms with Crippen LogP contribution >= 0.6 is 0 Å². The molecule has 6 heteroatoms. The van der Waals surface area contributed by atoms with Crippen LogP contribution in [0.25, 0.3) is 101 Å². The normalized spacial score (nSPS) is 13.1. The van der Waals surface area contributed by atoms with Crippen LogP contribution < -0.4 is 0 Å². The largest absolute Gasteiger partial charge is 0.456 e. The van der Waals surface area contributed by atoms with Crippen LogP contribution in [-0.4, -0.2) is 19.9 Å². The Hall–Kier alpha value is -7.18. The van der Waals surface area contributed by atoms with Gasteiger partial charge in [-0.2, -0.15) is 0 Å². The molecular formula is C49H32N4O2. The Bertz CT molecular complexity index is 3100. The lowest BCUT2D eigenvalue weighted by atomic mass is 9.82. The van der Waals surface area contributed by atoms with E-state index in [0.717, 1.165) is 60.8 Å². The van der Waals surface area contributed by atoms with E-state index < -0.39 is 0 Å². The van der Waals surface area contributed by atoms with E-state index in [-0.39, 0.29) is 5.41 Å². The minimum absolute atomic E-state index is 0.148. The maximum Gasteiger partial charge on any atom is 0.227 e. The minimum atomic E-state index is -0.148. The second-order valence-corrected chi connectivity index (χ2v) is 14.7. The molecule has 3 heterocycles. The van der Waals surface area contributed by atoms with E-state index in [1.807, 2.05) is 60.7 Å². The van der Waals surface area contributed by atoms with E-state index >= 15 is 0 Å². The van der Waals surface area contributed by atoms with Gasteiger partial charge in [-0.1, -0.05) is 135 Å². The van der Waals surface area contributed by atoms with Crippen molar-refractivity contribution in [1.82, 2.24) is 19.9 Å². The van der Waals surface area contributed by atoms with Crippen molar-refractivity contribution in [2.24, 2.45) is 0 Å². The number of benzene rings is 7. The molecule has 0 amide bonds. The molecule has 0 unspecified atom stereocenters. The van der Waals surface area contributed by atoms with Gasteiger partial charge >= 0.3 is 0 Å². The molecule has 0 saturated heterocycles. The zero-order valence-corrected chi connectivity index (χ0v) is 30.1. The molecule has 0 bridgehead atoms. The highest BCUT2D eigenvalue weighted by Crippen LogP contribution is 2.49. The predicted octanol–water partition coefficient (Wildman–Crippen LogP) is 12.6. The van der Waals surface area contributed by atoms with Crippen LogP contribution in [0.15, 0.2) is 167 Å². The van der Waals surface area contributed by atoms with Crippen LogP contribution in [0.5, 0.6) is 0 Å². The second-order valence-electron chi connectivity index (χ2n) is 14.7. The summed E-state index contributed by atoms with van der Waals surface area (Å²) in [4.78, 5) is 20.2. The number of hydrogen-bond acceptors (Lipinski definition) is 6. The van der Waals surface area contributed by atoms with Gasteiger partial charge in [-0.05, 0) is 69.8 Å². The number of nitrogens with zero attached hydrogens (tertiary/aromatic N) is 4. The zero-order valence-electron chi connectivity index (χ0n) is 30.1. The van der Waals surface area contributed by atoms with Gasteiger partial charge in [-0.15, -0.1) is 0 Å². The van der Waals surface area contributed by atoms with Gasteiger partial charge in [0.2, 0.25) is 5.89 Å². The Kier molecular flexibility index (Phi) is 6.79. The van der Waals surface area contributed by atoms with Crippen molar-refractivity contribution in [3.63, 3.8) is 0 Å². The number of fused-ring (bicyclic) bond motifs is 8. The Morgan fingerprint density at radius 2 is 0.964 bits per heavy atom. The van der Waals surface area contributed by atoms with Gasteiger partial charge in [0.15, 0.2) is 23.1 Å². The highest BCUT2D eigenvalue weighted by atomic mass is 16.4. The first kappa shape index (κ1) is 31.4. The molecule has 3 aromatic heterocycles. The standard InChI is InChI=1S/C49H32N4O2/c1-49(2)38-14-8-6-12-35(38)36-25-24-34(28-39(36)49)47-52-45(31-18-16-30(17-19-31)29-10-4-3-5-11-29)51-46(53-47)32-20-22-33(23-21-32)48-50-44-42(55-48)27-26-41-43(44)37-13-7-9-15-40(37)54-41/h3-28H,1-2H3. The maximum atomic E-state index is 6.30. The summed E-state index contributed by atoms with van der Waals surface area (Å²) in [6.45, 7) is 4.58. The Morgan fingerprint density at radius 1 is 0.400 bits per heavy atom. The number of para-hydroxylation sites is 1. The van der Waals surface area contributed by atoms with Crippen molar-refractivity contribution in [3.8, 4) is 67.9 Å². The summed E-state index contributed by atoms with van der Waals surface area (Å²) in [5, 5.41) is 1.98. The predicted molar refractivity (Wildman–Crippen MR) is 219 cm³/mol. The van der Waals surface area contributed by atoms with E-state index in [1.54, 1.807) is 0 Å². The number of hydrogen-bond donors (Lipinski definition) is 0. The first-order chi connectivity index (χ1) is 27.0. The highest BCUT2D eigenvalue weighted by molar-refractivity contribution is 6.16. The lowest BCUT2D eigenvalue weighted by Crippen LogP contribution is -2.15. The van der Waals surface area contributed by atoms with E-state index in [4.69, 9.17) is 28.8 Å². The van der Waals surface area contributed by atoms with E-state index in [1.165, 1.54) is 22.3 Å². The van der Waals surface area contributed by atoms with Crippen LogP contribution in [0.1, 0.15) is 25.0 Å². The summed E-state index contributed by atoms with van der Waals surface area (Å²) >= 11 is 0. The minimum Gasteiger partial charge on any atom is -0.456 e. The maximum absolute atomic E-state index is 6.30. The molecule has 0 radical (unpaired) electrons. The lowest BCUT2D eigenvalue weighted by molar-refractivity contribution is 0.619. The summed E-state index contributed by atoms with van der Waals surface area (Å²) in [7, 11) is 0. The fourth-order valence-electron chi connectivity index (χ4n) is 8.14. The van der Waals surface area contributed by atoms with Crippen LogP contribution in [0.4, 0.5) is 0 Å². The monoisotopic (exact) mass is 708 g/mol. The van der Waals surface area contributed by atoms with Crippen LogP contribution in [0.2, 0.25) is 0 Å². The van der Waals surface area contributed by atoms with Crippen molar-refractivity contribution in [2.75, 3.05) is 0 Å². The molecule has 0 aliphatic heterocycles. The van der Waals surface area contributed by atoms with Gasteiger partial charge in [0.05, 0.1) is 5.39 Å². The van der Waals surface area contributed by atoms with Gasteiger partial charge in [0.25, 0.3) is 0 Å². The van der Waals surface area contributed by atoms with Crippen LogP contribution in [0, 0.1) is 0 Å². The molecule has 7 aromatic carbocycles. The number of rotatable bonds is 5. The first-order valence-corrected chi connectivity index (χ1v) is 18.5. The van der Waals surface area contributed by atoms with Crippen molar-refractivity contribution in [3.05, 3.63) is 169 Å². The number of furan rings is 1. The summed E-state index contributed by atoms with van der Waals surface area (Å²) in [6, 6.07) is 54.0. The summed E-state index contributed by atoms with van der Waals surface area (Å²) in [5.74, 6) is 2.37. The molecule has 0 spiro atoms. The Balaban J connectivity index is 1.01. The van der Waals surface area contributed by atoms with Crippen molar-refractivity contribution >= 4 is 33.0 Å². The van der Waals surface area contributed by atoms with Gasteiger partial charge in [0, 0.05) is 33.1 Å². The molecule has 0 saturated carbocycles. The molecule has 1 aliphatic rings. The number of oxazole rings is 1. The summed E-state index contributed by atoms with van der Waals surface area (Å²) < 4.78 is 12.4. The topological polar surface area (TPSA) is 77.8 Å². The fourth-order valence-corrected chi connectivity index (χ4v) is 8.14. The van der Waals surface area contributed by atoms with Crippen LogP contribution in [-0.2, 0) is 5.41 Å². The molecule has 55 heavy (non-hydrogen) atoms. The van der Waals surface area contributed by atoms with Crippen molar-refractivity contribution < 1.29 is 8.83 Å². The third-order valence-electron chi connectivity index (χ3n) is 11.0. The van der Waals surface area contributed by atoms with E-state index in [2.05, 4.69) is 111 Å². The van der Waals surface area contributed by atoms with E-state index in [9.17, 15) is 0 Å². The zero-order chi connectivity index (χ0) is 36.7. The summed E-state index contributed by atoms with van der Waals surface area (Å²) in [6.07, 6.45) is 0. The Labute approximate surface area is 316 Å². The average molecular weight is 709 g/mol. The molecule has 0 N–H and O–H groups in total. The molecule has 0 atom stereocenters. The molecule has 6 nitrogen and oxygen atoms in total. The second kappa shape index (κ2) is 11.9. The molecule has 1 aliphatic carbocycles. The van der Waals surface area contributed by atoms with Crippen molar-refractivity contribution in [2.45, 2.75) is 19.3 Å². The van der Waals surface area contributed by atoms with Gasteiger partial charge in [0.1, 0.15) is 16.7 Å². The quantitative estimate of drug-likeness (QED) is 0.177. The number of aromatic nitrogens is 4. The lowest BCUT2D eigenvalue weighted by Gasteiger charge is -2.21. The van der Waals surface area contributed by atoms with Crippen molar-refractivity contribution in [1.29, 1.82) is 0 Å². The first-order valence-electron chi connectivity index (χ1n) is 18.5. The average Bonchev–Trinajstić information content (AvgIpc) is 3.91. The summed E-state index contributed by atoms with van der Waals surface area (Å²) in [5.41, 5.74) is 14.0. The molecular weight excluding hydrogens is 677 g/mol. The van der Waals surface area contributed by atoms with Gasteiger partial charge in [-0.25, -0.2) is 19.9 Å². The molecule has 11 rings (SSSR count). The van der Waals surface area contributed by atoms with Crippen LogP contribution in [0.3, 0.4) is 0 Å². The van der Waals surface area contributed by atoms with Gasteiger partial charge < -0.3 is 8.83 Å². The SMILES string of the molecule is CC1(C)c2ccccc2-c2ccc(-c3nc(-c4ccc(-c5ccccc5)cc4)nc(-c4ccc(-c5nc6c(ccc7oc8ccccc8c76)o5)cc4)n3)cc21. The van der Waals surface area contributed by atoms with Gasteiger partial charge in [-0.3, -0.25) is 0 Å². The molecule has 10 aromatic rings. The smallest absolute Gasteiger partial charge is 0.227 e. The fraction of sp³-hybridized carbons (Fsp3) is 0.0612. The third-order valence-corrected chi connectivity index (χ3v) is 11.0. The molecule has 260 valence electrons. The molecule has 0 fully saturated rings. The highest BCUT2D eigenvalue weighted by Gasteiger charge is 2.35. The third kappa shape index (κ3) is 5.02. The van der Waals surface area contributed by atoms with E-state index in [0.29, 0.717) is 28.9 Å².